The normalized spacial score (nSPS) is 14.8. The largest absolute Gasteiger partial charge is 0.555 e. The molecule has 0 heterocycles. The summed E-state index contributed by atoms with van der Waals surface area (Å²) in [5.74, 6) is 0.650. The van der Waals surface area contributed by atoms with Crippen LogP contribution < -0.4 is 4.52 Å². The van der Waals surface area contributed by atoms with Gasteiger partial charge in [0.2, 0.25) is 0 Å². The lowest BCUT2D eigenvalue weighted by atomic mass is 10.0. The molecule has 1 aromatic rings. The van der Waals surface area contributed by atoms with Crippen molar-refractivity contribution in [1.29, 1.82) is 0 Å². The molecular weight excluding hydrogens is 231 g/mol. The summed E-state index contributed by atoms with van der Waals surface area (Å²) >= 11 is 0. The van der Waals surface area contributed by atoms with E-state index in [-0.39, 0.29) is 5.75 Å². The lowest BCUT2D eigenvalue weighted by Gasteiger charge is -2.11. The van der Waals surface area contributed by atoms with Crippen molar-refractivity contribution in [2.24, 2.45) is 0 Å². The first-order valence-corrected chi connectivity index (χ1v) is 6.29. The average Bonchev–Trinajstić information content (AvgIpc) is 2.17. The molecule has 1 aromatic carbocycles. The third kappa shape index (κ3) is 3.94. The summed E-state index contributed by atoms with van der Waals surface area (Å²) in [6.07, 6.45) is 0. The Balaban J connectivity index is 2.72. The second kappa shape index (κ2) is 5.46. The maximum Gasteiger partial charge on any atom is 0.555 e. The van der Waals surface area contributed by atoms with Crippen molar-refractivity contribution in [1.82, 2.24) is 0 Å². The van der Waals surface area contributed by atoms with E-state index in [1.165, 1.54) is 0 Å². The molecule has 0 saturated heterocycles. The van der Waals surface area contributed by atoms with Gasteiger partial charge in [-0.05, 0) is 23.6 Å². The predicted molar refractivity (Wildman–Crippen MR) is 59.1 cm³/mol. The van der Waals surface area contributed by atoms with E-state index in [1.807, 2.05) is 12.1 Å². The van der Waals surface area contributed by atoms with Gasteiger partial charge in [-0.3, -0.25) is 4.89 Å². The lowest BCUT2D eigenvalue weighted by Crippen LogP contribution is -1.96. The van der Waals surface area contributed by atoms with Gasteiger partial charge in [0.25, 0.3) is 0 Å². The van der Waals surface area contributed by atoms with Gasteiger partial charge in [-0.1, -0.05) is 26.0 Å². The number of phosphoric acid groups is 1. The van der Waals surface area contributed by atoms with E-state index < -0.39 is 7.82 Å². The highest BCUT2D eigenvalue weighted by Crippen LogP contribution is 2.43. The summed E-state index contributed by atoms with van der Waals surface area (Å²) in [5.41, 5.74) is 1.12. The number of hydrogen-bond donors (Lipinski definition) is 1. The lowest BCUT2D eigenvalue weighted by molar-refractivity contribution is -0.193. The highest BCUT2D eigenvalue weighted by Gasteiger charge is 2.23. The van der Waals surface area contributed by atoms with Gasteiger partial charge >= 0.3 is 7.82 Å². The van der Waals surface area contributed by atoms with Crippen LogP contribution >= 0.6 is 7.82 Å². The van der Waals surface area contributed by atoms with Gasteiger partial charge in [0.1, 0.15) is 5.75 Å². The second-order valence-corrected chi connectivity index (χ2v) is 4.79. The highest BCUT2D eigenvalue weighted by molar-refractivity contribution is 7.47. The van der Waals surface area contributed by atoms with Crippen LogP contribution in [-0.4, -0.2) is 12.0 Å². The molecule has 0 aliphatic rings. The van der Waals surface area contributed by atoms with Crippen LogP contribution in [0.2, 0.25) is 0 Å². The molecule has 16 heavy (non-hydrogen) atoms. The minimum Gasteiger partial charge on any atom is -0.403 e. The minimum absolute atomic E-state index is 0.257. The monoisotopic (exact) mass is 246 g/mol. The summed E-state index contributed by atoms with van der Waals surface area (Å²) in [6.45, 7) is 4.11. The number of benzene rings is 1. The molecule has 1 N–H and O–H groups in total. The molecule has 90 valence electrons. The first-order valence-electron chi connectivity index (χ1n) is 4.79. The van der Waals surface area contributed by atoms with Crippen molar-refractivity contribution < 1.29 is 23.5 Å². The average molecular weight is 246 g/mol. The van der Waals surface area contributed by atoms with Gasteiger partial charge in [-0.2, -0.15) is 0 Å². The molecule has 0 aromatic heterocycles. The Kier molecular flexibility index (Phi) is 4.50. The van der Waals surface area contributed by atoms with Crippen molar-refractivity contribution in [2.75, 3.05) is 7.11 Å². The van der Waals surface area contributed by atoms with E-state index in [1.54, 1.807) is 12.1 Å². The zero-order valence-electron chi connectivity index (χ0n) is 9.41. The topological polar surface area (TPSA) is 65.0 Å². The van der Waals surface area contributed by atoms with E-state index in [0.29, 0.717) is 5.92 Å². The quantitative estimate of drug-likeness (QED) is 0.491. The van der Waals surface area contributed by atoms with E-state index >= 15 is 0 Å². The van der Waals surface area contributed by atoms with Crippen molar-refractivity contribution >= 4 is 7.82 Å². The molecule has 0 fully saturated rings. The van der Waals surface area contributed by atoms with Gasteiger partial charge in [0, 0.05) is 0 Å². The summed E-state index contributed by atoms with van der Waals surface area (Å²) < 4.78 is 20.0. The minimum atomic E-state index is -4.18. The highest BCUT2D eigenvalue weighted by atomic mass is 31.2. The number of hydrogen-bond acceptors (Lipinski definition) is 4. The fraction of sp³-hybridized carbons (Fsp3) is 0.400. The molecule has 0 spiro atoms. The van der Waals surface area contributed by atoms with E-state index in [2.05, 4.69) is 23.4 Å². The fourth-order valence-corrected chi connectivity index (χ4v) is 1.76. The standard InChI is InChI=1S/C10H15O5P/c1-8(2)9-4-6-10(7-5-9)14-16(11,12)15-13-3/h4-8H,1-3H3,(H,11,12). The number of rotatable bonds is 5. The van der Waals surface area contributed by atoms with Gasteiger partial charge in [-0.25, -0.2) is 9.45 Å². The second-order valence-electron chi connectivity index (χ2n) is 3.52. The van der Waals surface area contributed by atoms with Crippen LogP contribution in [-0.2, 0) is 14.1 Å². The molecule has 0 bridgehead atoms. The Morgan fingerprint density at radius 1 is 1.25 bits per heavy atom. The van der Waals surface area contributed by atoms with Gasteiger partial charge in [0.15, 0.2) is 0 Å². The van der Waals surface area contributed by atoms with Crippen LogP contribution in [0.25, 0.3) is 0 Å². The maximum atomic E-state index is 11.2. The van der Waals surface area contributed by atoms with Gasteiger partial charge < -0.3 is 4.52 Å². The van der Waals surface area contributed by atoms with Crippen LogP contribution in [0, 0.1) is 0 Å². The molecule has 1 atom stereocenters. The molecule has 0 amide bonds. The van der Waals surface area contributed by atoms with Crippen LogP contribution in [0.3, 0.4) is 0 Å². The molecule has 0 radical (unpaired) electrons. The zero-order chi connectivity index (χ0) is 12.2. The maximum absolute atomic E-state index is 11.2. The third-order valence-electron chi connectivity index (χ3n) is 1.94. The summed E-state index contributed by atoms with van der Waals surface area (Å²) in [7, 11) is -3.04. The Labute approximate surface area is 94.5 Å². The SMILES string of the molecule is COOP(=O)(O)Oc1ccc(C(C)C)cc1. The zero-order valence-corrected chi connectivity index (χ0v) is 10.3. The molecule has 1 unspecified atom stereocenters. The van der Waals surface area contributed by atoms with Crippen molar-refractivity contribution in [3.63, 3.8) is 0 Å². The molecule has 0 aliphatic heterocycles. The Hall–Kier alpha value is -0.870. The van der Waals surface area contributed by atoms with E-state index in [4.69, 9.17) is 9.42 Å². The molecule has 0 saturated carbocycles. The van der Waals surface area contributed by atoms with E-state index in [9.17, 15) is 4.57 Å². The molecule has 5 nitrogen and oxygen atoms in total. The summed E-state index contributed by atoms with van der Waals surface area (Å²) in [4.78, 5) is 13.2. The Morgan fingerprint density at radius 3 is 2.25 bits per heavy atom. The first kappa shape index (κ1) is 13.2. The first-order chi connectivity index (χ1) is 7.44. The third-order valence-corrected chi connectivity index (χ3v) is 2.72. The van der Waals surface area contributed by atoms with Crippen molar-refractivity contribution in [2.45, 2.75) is 19.8 Å². The van der Waals surface area contributed by atoms with Crippen molar-refractivity contribution in [3.05, 3.63) is 29.8 Å². The molecule has 1 rings (SSSR count). The fourth-order valence-electron chi connectivity index (χ4n) is 1.16. The van der Waals surface area contributed by atoms with Gasteiger partial charge in [0.05, 0.1) is 7.11 Å². The van der Waals surface area contributed by atoms with Crippen molar-refractivity contribution in [3.8, 4) is 5.75 Å². The van der Waals surface area contributed by atoms with Gasteiger partial charge in [-0.15, -0.1) is 4.67 Å². The summed E-state index contributed by atoms with van der Waals surface area (Å²) in [6, 6.07) is 6.87. The van der Waals surface area contributed by atoms with Crippen LogP contribution in [0.1, 0.15) is 25.3 Å². The van der Waals surface area contributed by atoms with Crippen LogP contribution in [0.5, 0.6) is 5.75 Å². The smallest absolute Gasteiger partial charge is 0.403 e. The Bertz CT molecular complexity index is 373. The van der Waals surface area contributed by atoms with E-state index in [0.717, 1.165) is 12.7 Å². The van der Waals surface area contributed by atoms with Crippen LogP contribution in [0.4, 0.5) is 0 Å². The Morgan fingerprint density at radius 2 is 1.81 bits per heavy atom. The molecule has 0 aliphatic carbocycles. The predicted octanol–water partition coefficient (Wildman–Crippen LogP) is 2.87. The molecular formula is C10H15O5P. The summed E-state index contributed by atoms with van der Waals surface area (Å²) in [5, 5.41) is 0. The number of phosphoric ester groups is 1. The molecule has 6 heteroatoms. The van der Waals surface area contributed by atoms with Crippen LogP contribution in [0.15, 0.2) is 24.3 Å².